The largest absolute Gasteiger partial charge is 0.772 e. The molecule has 0 radical (unpaired) electrons. The normalized spacial score (nSPS) is 12.4. The molecular weight excluding hydrogens is 212 g/mol. The van der Waals surface area contributed by atoms with Crippen LogP contribution < -0.4 is 4.74 Å². The Balaban J connectivity index is 2.64. The van der Waals surface area contributed by atoms with E-state index >= 15 is 0 Å². The fourth-order valence-electron chi connectivity index (χ4n) is 1.22. The summed E-state index contributed by atoms with van der Waals surface area (Å²) in [5.41, 5.74) is 0.724. The second kappa shape index (κ2) is 6.58. The van der Waals surface area contributed by atoms with E-state index in [0.717, 1.165) is 18.4 Å². The molecule has 15 heavy (non-hydrogen) atoms. The molecule has 0 N–H and O–H groups in total. The van der Waals surface area contributed by atoms with Gasteiger partial charge in [0.05, 0.1) is 6.61 Å². The Kier molecular flexibility index (Phi) is 5.36. The summed E-state index contributed by atoms with van der Waals surface area (Å²) in [4.78, 5) is 0. The molecule has 0 fully saturated rings. The van der Waals surface area contributed by atoms with Crippen LogP contribution in [0.25, 0.3) is 0 Å². The molecule has 0 bridgehead atoms. The summed E-state index contributed by atoms with van der Waals surface area (Å²) in [7, 11) is 0. The molecule has 0 aliphatic heterocycles. The maximum atomic E-state index is 10.6. The third-order valence-corrected chi connectivity index (χ3v) is 2.55. The van der Waals surface area contributed by atoms with Gasteiger partial charge in [-0.1, -0.05) is 42.6 Å². The topological polar surface area (TPSA) is 49.4 Å². The van der Waals surface area contributed by atoms with Crippen molar-refractivity contribution in [3.8, 4) is 5.75 Å². The smallest absolute Gasteiger partial charge is 0.123 e. The number of hydrogen-bond donors (Lipinski definition) is 0. The van der Waals surface area contributed by atoms with Gasteiger partial charge in [-0.15, -0.1) is 0 Å². The molecular formula is C11H15O3S-. The summed E-state index contributed by atoms with van der Waals surface area (Å²) in [6.45, 7) is 2.72. The van der Waals surface area contributed by atoms with Crippen molar-refractivity contribution in [3.05, 3.63) is 29.8 Å². The van der Waals surface area contributed by atoms with Crippen molar-refractivity contribution >= 4 is 11.1 Å². The van der Waals surface area contributed by atoms with Crippen molar-refractivity contribution in [2.45, 2.75) is 25.5 Å². The number of para-hydroxylation sites is 1. The van der Waals surface area contributed by atoms with Crippen LogP contribution in [-0.4, -0.2) is 15.4 Å². The molecule has 0 aliphatic carbocycles. The van der Waals surface area contributed by atoms with Crippen LogP contribution in [0.1, 0.15) is 25.3 Å². The van der Waals surface area contributed by atoms with Crippen LogP contribution in [0.5, 0.6) is 5.75 Å². The zero-order valence-corrected chi connectivity index (χ0v) is 9.59. The van der Waals surface area contributed by atoms with Gasteiger partial charge < -0.3 is 9.29 Å². The van der Waals surface area contributed by atoms with Crippen LogP contribution >= 0.6 is 0 Å². The highest BCUT2D eigenvalue weighted by molar-refractivity contribution is 7.78. The summed E-state index contributed by atoms with van der Waals surface area (Å²) < 4.78 is 26.7. The van der Waals surface area contributed by atoms with E-state index in [4.69, 9.17) is 4.74 Å². The van der Waals surface area contributed by atoms with Crippen molar-refractivity contribution in [1.82, 2.24) is 0 Å². The van der Waals surface area contributed by atoms with Crippen LogP contribution in [0.15, 0.2) is 24.3 Å². The van der Waals surface area contributed by atoms with E-state index in [0.29, 0.717) is 12.4 Å². The molecule has 1 aromatic carbocycles. The third-order valence-electron chi connectivity index (χ3n) is 2.00. The molecule has 84 valence electrons. The van der Waals surface area contributed by atoms with E-state index in [1.165, 1.54) is 0 Å². The fourth-order valence-corrected chi connectivity index (χ4v) is 1.71. The van der Waals surface area contributed by atoms with Crippen LogP contribution in [0.4, 0.5) is 0 Å². The zero-order chi connectivity index (χ0) is 11.1. The summed E-state index contributed by atoms with van der Waals surface area (Å²) in [6, 6.07) is 7.24. The molecule has 0 heterocycles. The fraction of sp³-hybridized carbons (Fsp3) is 0.455. The molecule has 1 aromatic rings. The lowest BCUT2D eigenvalue weighted by atomic mass is 10.2. The first-order valence-corrected chi connectivity index (χ1v) is 6.25. The first-order valence-electron chi connectivity index (χ1n) is 5.00. The van der Waals surface area contributed by atoms with Crippen molar-refractivity contribution in [3.63, 3.8) is 0 Å². The molecule has 1 atom stereocenters. The zero-order valence-electron chi connectivity index (χ0n) is 8.77. The summed E-state index contributed by atoms with van der Waals surface area (Å²) in [6.07, 6.45) is 2.05. The summed E-state index contributed by atoms with van der Waals surface area (Å²) in [5.74, 6) is 0.692. The van der Waals surface area contributed by atoms with Gasteiger partial charge in [-0.05, 0) is 12.5 Å². The van der Waals surface area contributed by atoms with Crippen molar-refractivity contribution in [2.24, 2.45) is 0 Å². The lowest BCUT2D eigenvalue weighted by molar-refractivity contribution is 0.307. The van der Waals surface area contributed by atoms with Gasteiger partial charge in [-0.3, -0.25) is 4.21 Å². The van der Waals surface area contributed by atoms with Gasteiger partial charge in [0.1, 0.15) is 5.75 Å². The Labute approximate surface area is 92.7 Å². The number of benzene rings is 1. The van der Waals surface area contributed by atoms with Crippen molar-refractivity contribution in [2.75, 3.05) is 6.61 Å². The van der Waals surface area contributed by atoms with E-state index < -0.39 is 11.1 Å². The Bertz CT molecular complexity index is 325. The molecule has 0 saturated heterocycles. The van der Waals surface area contributed by atoms with Gasteiger partial charge in [0, 0.05) is 11.3 Å². The van der Waals surface area contributed by atoms with Crippen LogP contribution in [-0.2, 0) is 16.8 Å². The quantitative estimate of drug-likeness (QED) is 0.553. The van der Waals surface area contributed by atoms with E-state index in [9.17, 15) is 8.76 Å². The van der Waals surface area contributed by atoms with Crippen molar-refractivity contribution < 1.29 is 13.5 Å². The van der Waals surface area contributed by atoms with E-state index in [1.807, 2.05) is 12.1 Å². The lowest BCUT2D eigenvalue weighted by Crippen LogP contribution is -2.01. The van der Waals surface area contributed by atoms with Gasteiger partial charge >= 0.3 is 0 Å². The second-order valence-corrected chi connectivity index (χ2v) is 4.15. The average Bonchev–Trinajstić information content (AvgIpc) is 2.20. The summed E-state index contributed by atoms with van der Waals surface area (Å²) in [5, 5.41) is 0. The maximum absolute atomic E-state index is 10.6. The highest BCUT2D eigenvalue weighted by atomic mass is 32.2. The predicted octanol–water partition coefficient (Wildman–Crippen LogP) is 2.24. The number of unbranched alkanes of at least 4 members (excludes halogenated alkanes) is 1. The number of rotatable bonds is 6. The number of ether oxygens (including phenoxy) is 1. The first-order chi connectivity index (χ1) is 7.24. The molecule has 0 aliphatic rings. The van der Waals surface area contributed by atoms with Crippen LogP contribution in [0.3, 0.4) is 0 Å². The van der Waals surface area contributed by atoms with Gasteiger partial charge in [0.2, 0.25) is 0 Å². The molecule has 1 rings (SSSR count). The van der Waals surface area contributed by atoms with Gasteiger partial charge in [0.25, 0.3) is 0 Å². The Hall–Kier alpha value is -0.870. The Morgan fingerprint density at radius 1 is 1.40 bits per heavy atom. The average molecular weight is 227 g/mol. The van der Waals surface area contributed by atoms with Gasteiger partial charge in [-0.25, -0.2) is 0 Å². The van der Waals surface area contributed by atoms with Crippen LogP contribution in [0.2, 0.25) is 0 Å². The molecule has 0 aromatic heterocycles. The standard InChI is InChI=1S/C11H16O3S/c1-2-3-8-14-11-7-5-4-6-10(11)9-15(12)13/h4-7H,2-3,8-9H2,1H3,(H,12,13)/p-1. The van der Waals surface area contributed by atoms with Crippen LogP contribution in [0, 0.1) is 0 Å². The molecule has 0 spiro atoms. The van der Waals surface area contributed by atoms with Crippen molar-refractivity contribution in [1.29, 1.82) is 0 Å². The molecule has 3 nitrogen and oxygen atoms in total. The third kappa shape index (κ3) is 4.44. The molecule has 4 heteroatoms. The maximum Gasteiger partial charge on any atom is 0.123 e. The number of hydrogen-bond acceptors (Lipinski definition) is 3. The summed E-state index contributed by atoms with van der Waals surface area (Å²) >= 11 is -2.06. The van der Waals surface area contributed by atoms with E-state index in [2.05, 4.69) is 6.92 Å². The molecule has 0 amide bonds. The minimum Gasteiger partial charge on any atom is -0.772 e. The van der Waals surface area contributed by atoms with Gasteiger partial charge in [0.15, 0.2) is 0 Å². The highest BCUT2D eigenvalue weighted by Gasteiger charge is 2.02. The molecule has 0 saturated carbocycles. The Morgan fingerprint density at radius 3 is 2.80 bits per heavy atom. The minimum absolute atomic E-state index is 0.0162. The highest BCUT2D eigenvalue weighted by Crippen LogP contribution is 2.19. The lowest BCUT2D eigenvalue weighted by Gasteiger charge is -2.12. The first kappa shape index (κ1) is 12.2. The van der Waals surface area contributed by atoms with E-state index in [1.54, 1.807) is 12.1 Å². The second-order valence-electron chi connectivity index (χ2n) is 3.26. The minimum atomic E-state index is -2.06. The predicted molar refractivity (Wildman–Crippen MR) is 59.5 cm³/mol. The van der Waals surface area contributed by atoms with Gasteiger partial charge in [-0.2, -0.15) is 0 Å². The monoisotopic (exact) mass is 227 g/mol. The molecule has 1 unspecified atom stereocenters. The van der Waals surface area contributed by atoms with E-state index in [-0.39, 0.29) is 5.75 Å². The SMILES string of the molecule is CCCCOc1ccccc1CS(=O)[O-]. The Morgan fingerprint density at radius 2 is 2.13 bits per heavy atom.